The number of rotatable bonds is 7. The number of unbranched alkanes of at least 4 members (excludes halogenated alkanes) is 1. The lowest BCUT2D eigenvalue weighted by Gasteiger charge is -2.40. The van der Waals surface area contributed by atoms with E-state index in [9.17, 15) is 9.59 Å². The number of carbonyl (C=O) groups excluding carboxylic acids is 2. The van der Waals surface area contributed by atoms with E-state index in [1.807, 2.05) is 53.6 Å². The van der Waals surface area contributed by atoms with Crippen molar-refractivity contribution in [1.29, 1.82) is 0 Å². The molecule has 2 unspecified atom stereocenters. The molecule has 2 amide bonds. The van der Waals surface area contributed by atoms with Gasteiger partial charge in [-0.1, -0.05) is 23.8 Å². The lowest BCUT2D eigenvalue weighted by atomic mass is 9.86. The van der Waals surface area contributed by atoms with Gasteiger partial charge in [0.05, 0.1) is 12.0 Å². The molecule has 144 valence electrons. The topological polar surface area (TPSA) is 75.4 Å². The van der Waals surface area contributed by atoms with Gasteiger partial charge in [0.1, 0.15) is 0 Å². The Labute approximate surface area is 164 Å². The van der Waals surface area contributed by atoms with Crippen LogP contribution in [-0.2, 0) is 9.59 Å². The molecule has 1 saturated heterocycles. The Bertz CT molecular complexity index is 758. The van der Waals surface area contributed by atoms with Crippen molar-refractivity contribution in [2.24, 2.45) is 11.7 Å². The van der Waals surface area contributed by atoms with Gasteiger partial charge in [-0.15, -0.1) is 11.3 Å². The first-order chi connectivity index (χ1) is 13.1. The molecule has 27 heavy (non-hydrogen) atoms. The molecule has 3 N–H and O–H groups in total. The minimum absolute atomic E-state index is 0.0232. The third kappa shape index (κ3) is 4.57. The molecule has 1 fully saturated rings. The number of nitrogens with zero attached hydrogens (tertiary/aromatic N) is 1. The number of aryl methyl sites for hydroxylation is 1. The van der Waals surface area contributed by atoms with Crippen LogP contribution in [0.1, 0.15) is 42.2 Å². The third-order valence-electron chi connectivity index (χ3n) is 5.01. The minimum atomic E-state index is -0.261. The van der Waals surface area contributed by atoms with Crippen LogP contribution in [-0.4, -0.2) is 24.9 Å². The fourth-order valence-corrected chi connectivity index (χ4v) is 4.45. The highest BCUT2D eigenvalue weighted by molar-refractivity contribution is 7.10. The van der Waals surface area contributed by atoms with Crippen molar-refractivity contribution in [3.8, 4) is 0 Å². The van der Waals surface area contributed by atoms with Gasteiger partial charge in [-0.25, -0.2) is 0 Å². The summed E-state index contributed by atoms with van der Waals surface area (Å²) in [5.41, 5.74) is 7.52. The van der Waals surface area contributed by atoms with E-state index in [2.05, 4.69) is 5.32 Å². The number of thiophene rings is 1. The van der Waals surface area contributed by atoms with Crippen LogP contribution >= 0.6 is 11.3 Å². The summed E-state index contributed by atoms with van der Waals surface area (Å²) < 4.78 is 0. The fraction of sp³-hybridized carbons (Fsp3) is 0.429. The maximum Gasteiger partial charge on any atom is 0.227 e. The van der Waals surface area contributed by atoms with E-state index in [4.69, 9.17) is 5.73 Å². The summed E-state index contributed by atoms with van der Waals surface area (Å²) in [7, 11) is 0. The predicted octanol–water partition coefficient (Wildman–Crippen LogP) is 3.40. The summed E-state index contributed by atoms with van der Waals surface area (Å²) in [6, 6.07) is 11.7. The first kappa shape index (κ1) is 19.6. The number of anilines is 1. The summed E-state index contributed by atoms with van der Waals surface area (Å²) in [5.74, 6) is -0.153. The predicted molar refractivity (Wildman–Crippen MR) is 110 cm³/mol. The third-order valence-corrected chi connectivity index (χ3v) is 5.95. The Morgan fingerprint density at radius 2 is 2.04 bits per heavy atom. The number of carbonyl (C=O) groups is 2. The van der Waals surface area contributed by atoms with E-state index in [-0.39, 0.29) is 23.8 Å². The molecule has 1 aromatic heterocycles. The highest BCUT2D eigenvalue weighted by Gasteiger charge is 2.41. The van der Waals surface area contributed by atoms with E-state index in [0.717, 1.165) is 29.0 Å². The number of benzene rings is 1. The van der Waals surface area contributed by atoms with E-state index in [1.54, 1.807) is 11.3 Å². The molecule has 0 bridgehead atoms. The lowest BCUT2D eigenvalue weighted by Crippen LogP contribution is -2.48. The molecule has 1 aromatic carbocycles. The standard InChI is InChI=1S/C21H27N3O2S/c1-15-6-8-16(9-7-15)24-19(25)11-10-17(20(24)18-5-4-14-27-18)21(26)23-13-3-2-12-22/h4-9,14,17,20H,2-3,10-13,22H2,1H3,(H,23,26). The van der Waals surface area contributed by atoms with Crippen molar-refractivity contribution in [2.45, 2.75) is 38.6 Å². The van der Waals surface area contributed by atoms with Crippen LogP contribution in [0.5, 0.6) is 0 Å². The van der Waals surface area contributed by atoms with Crippen molar-refractivity contribution in [3.05, 3.63) is 52.2 Å². The van der Waals surface area contributed by atoms with Crippen molar-refractivity contribution in [2.75, 3.05) is 18.0 Å². The Morgan fingerprint density at radius 3 is 2.70 bits per heavy atom. The zero-order valence-electron chi connectivity index (χ0n) is 15.7. The van der Waals surface area contributed by atoms with Gasteiger partial charge in [0.25, 0.3) is 0 Å². The van der Waals surface area contributed by atoms with Gasteiger partial charge in [0, 0.05) is 23.5 Å². The fourth-order valence-electron chi connectivity index (χ4n) is 3.57. The van der Waals surface area contributed by atoms with Crippen LogP contribution in [0.2, 0.25) is 0 Å². The van der Waals surface area contributed by atoms with Crippen LogP contribution in [0.25, 0.3) is 0 Å². The average Bonchev–Trinajstić information content (AvgIpc) is 3.20. The molecule has 3 rings (SSSR count). The SMILES string of the molecule is Cc1ccc(N2C(=O)CCC(C(=O)NCCCCN)C2c2cccs2)cc1. The molecule has 0 radical (unpaired) electrons. The smallest absolute Gasteiger partial charge is 0.227 e. The van der Waals surface area contributed by atoms with E-state index < -0.39 is 0 Å². The molecule has 2 aromatic rings. The Kier molecular flexibility index (Phi) is 6.63. The summed E-state index contributed by atoms with van der Waals surface area (Å²) >= 11 is 1.60. The average molecular weight is 386 g/mol. The van der Waals surface area contributed by atoms with Crippen molar-refractivity contribution < 1.29 is 9.59 Å². The van der Waals surface area contributed by atoms with Gasteiger partial charge in [0.2, 0.25) is 11.8 Å². The number of nitrogens with two attached hydrogens (primary N) is 1. The summed E-state index contributed by atoms with van der Waals surface area (Å²) in [5, 5.41) is 5.05. The summed E-state index contributed by atoms with van der Waals surface area (Å²) in [4.78, 5) is 28.6. The minimum Gasteiger partial charge on any atom is -0.356 e. The highest BCUT2D eigenvalue weighted by atomic mass is 32.1. The highest BCUT2D eigenvalue weighted by Crippen LogP contribution is 2.41. The molecule has 2 atom stereocenters. The zero-order valence-corrected chi connectivity index (χ0v) is 16.5. The van der Waals surface area contributed by atoms with Crippen molar-refractivity contribution in [3.63, 3.8) is 0 Å². The van der Waals surface area contributed by atoms with Gasteiger partial charge in [-0.2, -0.15) is 0 Å². The van der Waals surface area contributed by atoms with Gasteiger partial charge in [0.15, 0.2) is 0 Å². The van der Waals surface area contributed by atoms with Crippen LogP contribution in [0.15, 0.2) is 41.8 Å². The Balaban J connectivity index is 1.88. The molecule has 0 aliphatic carbocycles. The molecule has 2 heterocycles. The van der Waals surface area contributed by atoms with Crippen LogP contribution < -0.4 is 16.0 Å². The van der Waals surface area contributed by atoms with Crippen LogP contribution in [0.3, 0.4) is 0 Å². The van der Waals surface area contributed by atoms with Gasteiger partial charge >= 0.3 is 0 Å². The second kappa shape index (κ2) is 9.15. The van der Waals surface area contributed by atoms with E-state index in [0.29, 0.717) is 25.9 Å². The first-order valence-electron chi connectivity index (χ1n) is 9.51. The zero-order chi connectivity index (χ0) is 19.2. The van der Waals surface area contributed by atoms with E-state index >= 15 is 0 Å². The number of hydrogen-bond donors (Lipinski definition) is 2. The second-order valence-electron chi connectivity index (χ2n) is 6.99. The van der Waals surface area contributed by atoms with Crippen molar-refractivity contribution >= 4 is 28.8 Å². The largest absolute Gasteiger partial charge is 0.356 e. The van der Waals surface area contributed by atoms with Gasteiger partial charge < -0.3 is 16.0 Å². The second-order valence-corrected chi connectivity index (χ2v) is 7.97. The molecule has 1 aliphatic heterocycles. The van der Waals surface area contributed by atoms with Crippen molar-refractivity contribution in [1.82, 2.24) is 5.32 Å². The number of amides is 2. The lowest BCUT2D eigenvalue weighted by molar-refractivity contribution is -0.129. The maximum atomic E-state index is 12.9. The molecule has 0 saturated carbocycles. The van der Waals surface area contributed by atoms with E-state index in [1.165, 1.54) is 0 Å². The van der Waals surface area contributed by atoms with Crippen LogP contribution in [0, 0.1) is 12.8 Å². The number of piperidine rings is 1. The molecule has 0 spiro atoms. The van der Waals surface area contributed by atoms with Gasteiger partial charge in [-0.05, 0) is 56.3 Å². The van der Waals surface area contributed by atoms with Crippen LogP contribution in [0.4, 0.5) is 5.69 Å². The normalized spacial score (nSPS) is 19.9. The monoisotopic (exact) mass is 385 g/mol. The maximum absolute atomic E-state index is 12.9. The molecule has 1 aliphatic rings. The quantitative estimate of drug-likeness (QED) is 0.717. The summed E-state index contributed by atoms with van der Waals surface area (Å²) in [6.45, 7) is 3.28. The Hall–Kier alpha value is -2.18. The first-order valence-corrected chi connectivity index (χ1v) is 10.4. The van der Waals surface area contributed by atoms with Gasteiger partial charge in [-0.3, -0.25) is 9.59 Å². The molecular formula is C21H27N3O2S. The Morgan fingerprint density at radius 1 is 1.26 bits per heavy atom. The molecule has 5 nitrogen and oxygen atoms in total. The number of nitrogens with one attached hydrogen (secondary N) is 1. The summed E-state index contributed by atoms with van der Waals surface area (Å²) in [6.07, 6.45) is 2.73. The number of hydrogen-bond acceptors (Lipinski definition) is 4. The molecule has 6 heteroatoms. The molecular weight excluding hydrogens is 358 g/mol.